The lowest BCUT2D eigenvalue weighted by Gasteiger charge is -2.04. The van der Waals surface area contributed by atoms with Crippen molar-refractivity contribution in [2.45, 2.75) is 6.54 Å². The molecule has 0 spiro atoms. The number of aromatic amines is 1. The number of nitrogens with one attached hydrogen (secondary N) is 1. The van der Waals surface area contributed by atoms with E-state index >= 15 is 0 Å². The topological polar surface area (TPSA) is 77.2 Å². The molecule has 0 unspecified atom stereocenters. The lowest BCUT2D eigenvalue weighted by Crippen LogP contribution is -2.21. The highest BCUT2D eigenvalue weighted by Gasteiger charge is 2.16. The number of methoxy groups -OCH3 is 1. The molecule has 0 aliphatic carbocycles. The first-order chi connectivity index (χ1) is 11.7. The van der Waals surface area contributed by atoms with Crippen LogP contribution >= 0.6 is 0 Å². The maximum atomic E-state index is 12.7. The van der Waals surface area contributed by atoms with Gasteiger partial charge in [0.25, 0.3) is 5.56 Å². The summed E-state index contributed by atoms with van der Waals surface area (Å²) in [5.41, 5.74) is 2.49. The molecule has 0 aliphatic heterocycles. The van der Waals surface area contributed by atoms with E-state index in [1.165, 1.54) is 4.40 Å². The first-order valence-corrected chi connectivity index (χ1v) is 7.50. The Morgan fingerprint density at radius 3 is 2.79 bits per heavy atom. The SMILES string of the molecule is [B]c1nc2c(=O)n3cc(-c4ccccc4)[nH]c3nc2n1CCOC. The molecule has 4 rings (SSSR count). The summed E-state index contributed by atoms with van der Waals surface area (Å²) in [4.78, 5) is 24.6. The molecule has 0 atom stereocenters. The largest absolute Gasteiger partial charge is 0.383 e. The zero-order chi connectivity index (χ0) is 16.7. The van der Waals surface area contributed by atoms with E-state index in [0.717, 1.165) is 11.3 Å². The lowest BCUT2D eigenvalue weighted by atomic mass is 10.1. The molecular weight excluding hydrogens is 305 g/mol. The van der Waals surface area contributed by atoms with E-state index in [4.69, 9.17) is 12.6 Å². The van der Waals surface area contributed by atoms with Gasteiger partial charge in [0.15, 0.2) is 19.0 Å². The van der Waals surface area contributed by atoms with Gasteiger partial charge in [0, 0.05) is 19.9 Å². The molecule has 4 aromatic rings. The highest BCUT2D eigenvalue weighted by molar-refractivity contribution is 6.30. The third-order valence-corrected chi connectivity index (χ3v) is 3.94. The minimum Gasteiger partial charge on any atom is -0.383 e. The number of H-pyrrole nitrogens is 1. The number of imidazole rings is 2. The van der Waals surface area contributed by atoms with Crippen molar-refractivity contribution in [3.63, 3.8) is 0 Å². The second kappa shape index (κ2) is 5.65. The lowest BCUT2D eigenvalue weighted by molar-refractivity contribution is 0.189. The monoisotopic (exact) mass is 319 g/mol. The Kier molecular flexibility index (Phi) is 3.46. The van der Waals surface area contributed by atoms with Crippen molar-refractivity contribution >= 4 is 30.5 Å². The van der Waals surface area contributed by atoms with Crippen molar-refractivity contribution in [3.8, 4) is 11.3 Å². The zero-order valence-electron chi connectivity index (χ0n) is 13.1. The molecule has 7 nitrogen and oxygen atoms in total. The van der Waals surface area contributed by atoms with E-state index in [2.05, 4.69) is 15.0 Å². The average molecular weight is 319 g/mol. The summed E-state index contributed by atoms with van der Waals surface area (Å²) < 4.78 is 8.22. The van der Waals surface area contributed by atoms with Gasteiger partial charge in [0.1, 0.15) is 0 Å². The molecule has 0 bridgehead atoms. The number of fused-ring (bicyclic) bond motifs is 2. The van der Waals surface area contributed by atoms with Crippen molar-refractivity contribution in [2.24, 2.45) is 0 Å². The maximum Gasteiger partial charge on any atom is 0.287 e. The maximum absolute atomic E-state index is 12.7. The Morgan fingerprint density at radius 1 is 1.25 bits per heavy atom. The Hall–Kier alpha value is -2.87. The number of benzene rings is 1. The molecule has 0 amide bonds. The quantitative estimate of drug-likeness (QED) is 0.555. The highest BCUT2D eigenvalue weighted by atomic mass is 16.5. The van der Waals surface area contributed by atoms with Crippen LogP contribution in [-0.4, -0.2) is 45.5 Å². The van der Waals surface area contributed by atoms with Crippen LogP contribution in [0.5, 0.6) is 0 Å². The van der Waals surface area contributed by atoms with Gasteiger partial charge in [-0.05, 0) is 5.56 Å². The Labute approximate surface area is 138 Å². The van der Waals surface area contributed by atoms with E-state index in [-0.39, 0.29) is 16.8 Å². The molecule has 0 saturated heterocycles. The summed E-state index contributed by atoms with van der Waals surface area (Å²) in [6, 6.07) is 9.74. The first kappa shape index (κ1) is 14.7. The molecule has 24 heavy (non-hydrogen) atoms. The standard InChI is InChI=1S/C16H14BN5O2/c1-24-8-7-21-13-12(19-15(21)17)14(23)22-9-11(18-16(22)20-13)10-5-3-2-4-6-10/h2-6,9H,7-8H2,1H3,(H,18,20). The van der Waals surface area contributed by atoms with Gasteiger partial charge in [-0.25, -0.2) is 9.38 Å². The molecule has 3 aromatic heterocycles. The van der Waals surface area contributed by atoms with Crippen LogP contribution in [0.2, 0.25) is 0 Å². The van der Waals surface area contributed by atoms with Crippen molar-refractivity contribution in [1.82, 2.24) is 23.9 Å². The Morgan fingerprint density at radius 2 is 2.04 bits per heavy atom. The van der Waals surface area contributed by atoms with Crippen LogP contribution in [0.1, 0.15) is 0 Å². The fourth-order valence-electron chi connectivity index (χ4n) is 2.74. The Balaban J connectivity index is 1.94. The number of ether oxygens (including phenoxy) is 1. The van der Waals surface area contributed by atoms with Crippen LogP contribution in [0.15, 0.2) is 41.3 Å². The minimum absolute atomic E-state index is 0.250. The fraction of sp³-hybridized carbons (Fsp3) is 0.188. The van der Waals surface area contributed by atoms with Crippen LogP contribution < -0.4 is 11.3 Å². The third kappa shape index (κ3) is 2.23. The van der Waals surface area contributed by atoms with Gasteiger partial charge in [0.2, 0.25) is 5.78 Å². The van der Waals surface area contributed by atoms with Gasteiger partial charge in [-0.3, -0.25) is 4.79 Å². The minimum atomic E-state index is -0.253. The summed E-state index contributed by atoms with van der Waals surface area (Å²) in [5, 5.41) is 0. The van der Waals surface area contributed by atoms with Crippen molar-refractivity contribution < 1.29 is 4.74 Å². The van der Waals surface area contributed by atoms with E-state index in [1.54, 1.807) is 17.9 Å². The van der Waals surface area contributed by atoms with Gasteiger partial charge in [0.05, 0.1) is 18.0 Å². The molecule has 118 valence electrons. The predicted molar refractivity (Wildman–Crippen MR) is 91.8 cm³/mol. The van der Waals surface area contributed by atoms with Crippen molar-refractivity contribution in [2.75, 3.05) is 13.7 Å². The zero-order valence-corrected chi connectivity index (χ0v) is 13.1. The number of hydrogen-bond donors (Lipinski definition) is 1. The average Bonchev–Trinajstić information content (AvgIpc) is 3.16. The summed E-state index contributed by atoms with van der Waals surface area (Å²) >= 11 is 0. The number of rotatable bonds is 4. The molecule has 1 aromatic carbocycles. The third-order valence-electron chi connectivity index (χ3n) is 3.94. The van der Waals surface area contributed by atoms with Crippen LogP contribution in [-0.2, 0) is 11.3 Å². The summed E-state index contributed by atoms with van der Waals surface area (Å²) in [5.74, 6) is 0.449. The molecule has 3 heterocycles. The van der Waals surface area contributed by atoms with Gasteiger partial charge in [-0.2, -0.15) is 4.98 Å². The van der Waals surface area contributed by atoms with Crippen LogP contribution in [0.4, 0.5) is 0 Å². The van der Waals surface area contributed by atoms with E-state index in [1.807, 2.05) is 30.3 Å². The first-order valence-electron chi connectivity index (χ1n) is 7.50. The van der Waals surface area contributed by atoms with Gasteiger partial charge < -0.3 is 14.3 Å². The van der Waals surface area contributed by atoms with Crippen molar-refractivity contribution in [1.29, 1.82) is 0 Å². The molecule has 0 fully saturated rings. The molecule has 2 radical (unpaired) electrons. The smallest absolute Gasteiger partial charge is 0.287 e. The normalized spacial score (nSPS) is 11.5. The van der Waals surface area contributed by atoms with Crippen molar-refractivity contribution in [3.05, 3.63) is 46.9 Å². The van der Waals surface area contributed by atoms with Crippen LogP contribution in [0, 0.1) is 0 Å². The Bertz CT molecular complexity index is 1080. The number of nitrogens with zero attached hydrogens (tertiary/aromatic N) is 4. The summed E-state index contributed by atoms with van der Waals surface area (Å²) in [6.45, 7) is 0.935. The number of hydrogen-bond acceptors (Lipinski definition) is 4. The van der Waals surface area contributed by atoms with E-state index in [0.29, 0.717) is 24.6 Å². The van der Waals surface area contributed by atoms with Gasteiger partial charge in [-0.15, -0.1) is 0 Å². The second-order valence-corrected chi connectivity index (χ2v) is 5.43. The summed E-state index contributed by atoms with van der Waals surface area (Å²) in [6.07, 6.45) is 1.73. The van der Waals surface area contributed by atoms with Gasteiger partial charge >= 0.3 is 0 Å². The van der Waals surface area contributed by atoms with Crippen LogP contribution in [0.3, 0.4) is 0 Å². The number of aromatic nitrogens is 5. The van der Waals surface area contributed by atoms with E-state index in [9.17, 15) is 4.79 Å². The predicted octanol–water partition coefficient (Wildman–Crippen LogP) is 0.480. The summed E-state index contributed by atoms with van der Waals surface area (Å²) in [7, 11) is 7.52. The molecule has 1 N–H and O–H groups in total. The fourth-order valence-corrected chi connectivity index (χ4v) is 2.74. The van der Waals surface area contributed by atoms with E-state index < -0.39 is 0 Å². The van der Waals surface area contributed by atoms with Crippen LogP contribution in [0.25, 0.3) is 28.2 Å². The molecule has 0 aliphatic rings. The molecule has 8 heteroatoms. The second-order valence-electron chi connectivity index (χ2n) is 5.43. The highest BCUT2D eigenvalue weighted by Crippen LogP contribution is 2.18. The molecule has 0 saturated carbocycles. The molecular formula is C16H14BN5O2. The van der Waals surface area contributed by atoms with Gasteiger partial charge in [-0.1, -0.05) is 30.3 Å².